The lowest BCUT2D eigenvalue weighted by molar-refractivity contribution is -0.140. The van der Waals surface area contributed by atoms with Gasteiger partial charge in [-0.3, -0.25) is 4.79 Å². The van der Waals surface area contributed by atoms with Crippen molar-refractivity contribution >= 4 is 5.78 Å². The maximum absolute atomic E-state index is 12.1. The monoisotopic (exact) mass is 398 g/mol. The van der Waals surface area contributed by atoms with Gasteiger partial charge in [-0.1, -0.05) is 53.7 Å². The van der Waals surface area contributed by atoms with Crippen molar-refractivity contribution in [3.8, 4) is 0 Å². The van der Waals surface area contributed by atoms with E-state index in [9.17, 15) is 4.79 Å². The standard InChI is InChI=1S/C28H46O/c1-18(2)19(3)7-8-20(4)24-11-12-25-23-10-9-21-17-22(29)13-15-27(21,5)26(23)14-16-28(24,25)6/h7-8,18-21,23-26H,9-17H2,1-6H3/b8-7+/t19-,20+,21?,23-,24+,25-,26-,27-,28+/m0/s1. The lowest BCUT2D eigenvalue weighted by Gasteiger charge is -2.60. The van der Waals surface area contributed by atoms with Crippen LogP contribution in [0.5, 0.6) is 0 Å². The number of fused-ring (bicyclic) bond motifs is 5. The second-order valence-corrected chi connectivity index (χ2v) is 12.5. The Morgan fingerprint density at radius 2 is 1.59 bits per heavy atom. The second kappa shape index (κ2) is 7.83. The molecule has 0 spiro atoms. The number of hydrogen-bond acceptors (Lipinski definition) is 1. The molecule has 0 aromatic heterocycles. The van der Waals surface area contributed by atoms with Crippen LogP contribution in [0.2, 0.25) is 0 Å². The van der Waals surface area contributed by atoms with Crippen molar-refractivity contribution in [2.24, 2.45) is 58.2 Å². The van der Waals surface area contributed by atoms with E-state index in [4.69, 9.17) is 0 Å². The molecule has 0 bridgehead atoms. The minimum absolute atomic E-state index is 0.453. The summed E-state index contributed by atoms with van der Waals surface area (Å²) in [4.78, 5) is 12.1. The van der Waals surface area contributed by atoms with Crippen LogP contribution >= 0.6 is 0 Å². The van der Waals surface area contributed by atoms with Gasteiger partial charge >= 0.3 is 0 Å². The Morgan fingerprint density at radius 3 is 2.31 bits per heavy atom. The van der Waals surface area contributed by atoms with E-state index in [-0.39, 0.29) is 0 Å². The highest BCUT2D eigenvalue weighted by atomic mass is 16.1. The first kappa shape index (κ1) is 21.6. The average Bonchev–Trinajstić information content (AvgIpc) is 3.03. The number of allylic oxidation sites excluding steroid dienone is 2. The molecule has 0 saturated heterocycles. The summed E-state index contributed by atoms with van der Waals surface area (Å²) in [6, 6.07) is 0. The Kier molecular flexibility index (Phi) is 5.84. The molecule has 1 nitrogen and oxygen atoms in total. The van der Waals surface area contributed by atoms with Crippen LogP contribution < -0.4 is 0 Å². The maximum Gasteiger partial charge on any atom is 0.133 e. The highest BCUT2D eigenvalue weighted by Gasteiger charge is 2.60. The third-order valence-electron chi connectivity index (χ3n) is 11.0. The van der Waals surface area contributed by atoms with Crippen molar-refractivity contribution < 1.29 is 4.79 Å². The van der Waals surface area contributed by atoms with Crippen molar-refractivity contribution in [3.63, 3.8) is 0 Å². The minimum atomic E-state index is 0.453. The first-order chi connectivity index (χ1) is 13.7. The summed E-state index contributed by atoms with van der Waals surface area (Å²) >= 11 is 0. The molecule has 4 aliphatic carbocycles. The molecule has 0 amide bonds. The summed E-state index contributed by atoms with van der Waals surface area (Å²) in [7, 11) is 0. The Balaban J connectivity index is 1.51. The normalized spacial score (nSPS) is 47.0. The molecule has 1 unspecified atom stereocenters. The fraction of sp³-hybridized carbons (Fsp3) is 0.893. The first-order valence-corrected chi connectivity index (χ1v) is 12.9. The number of rotatable bonds is 4. The Morgan fingerprint density at radius 1 is 0.862 bits per heavy atom. The molecule has 4 saturated carbocycles. The smallest absolute Gasteiger partial charge is 0.133 e. The topological polar surface area (TPSA) is 17.1 Å². The summed E-state index contributed by atoms with van der Waals surface area (Å²) in [6.07, 6.45) is 16.5. The molecule has 0 aromatic carbocycles. The highest BCUT2D eigenvalue weighted by Crippen LogP contribution is 2.68. The summed E-state index contributed by atoms with van der Waals surface area (Å²) in [5, 5.41) is 0. The zero-order valence-corrected chi connectivity index (χ0v) is 20.0. The van der Waals surface area contributed by atoms with Gasteiger partial charge in [0, 0.05) is 12.8 Å². The Labute approximate surface area is 180 Å². The number of carbonyl (C=O) groups is 1. The molecule has 0 aromatic rings. The van der Waals surface area contributed by atoms with E-state index in [0.29, 0.717) is 34.4 Å². The van der Waals surface area contributed by atoms with Gasteiger partial charge in [-0.25, -0.2) is 0 Å². The van der Waals surface area contributed by atoms with Crippen molar-refractivity contribution in [2.45, 2.75) is 99.3 Å². The number of hydrogen-bond donors (Lipinski definition) is 0. The van der Waals surface area contributed by atoms with Crippen LogP contribution in [0.1, 0.15) is 99.3 Å². The molecular formula is C28H46O. The van der Waals surface area contributed by atoms with Crippen molar-refractivity contribution in [1.29, 1.82) is 0 Å². The van der Waals surface area contributed by atoms with Crippen molar-refractivity contribution in [3.05, 3.63) is 12.2 Å². The number of carbonyl (C=O) groups excluding carboxylic acids is 1. The molecule has 0 heterocycles. The van der Waals surface area contributed by atoms with Gasteiger partial charge in [0.2, 0.25) is 0 Å². The summed E-state index contributed by atoms with van der Waals surface area (Å²) in [5.74, 6) is 6.97. The predicted octanol–water partition coefficient (Wildman–Crippen LogP) is 7.70. The number of ketones is 1. The van der Waals surface area contributed by atoms with Gasteiger partial charge in [0.25, 0.3) is 0 Å². The van der Waals surface area contributed by atoms with E-state index >= 15 is 0 Å². The minimum Gasteiger partial charge on any atom is -0.300 e. The lowest BCUT2D eigenvalue weighted by atomic mass is 9.44. The second-order valence-electron chi connectivity index (χ2n) is 12.5. The van der Waals surface area contributed by atoms with Crippen molar-refractivity contribution in [1.82, 2.24) is 0 Å². The van der Waals surface area contributed by atoms with E-state index in [2.05, 4.69) is 53.7 Å². The Bertz CT molecular complexity index is 647. The third-order valence-corrected chi connectivity index (χ3v) is 11.0. The van der Waals surface area contributed by atoms with Crippen LogP contribution in [-0.4, -0.2) is 5.78 Å². The van der Waals surface area contributed by atoms with E-state index in [1.54, 1.807) is 0 Å². The molecule has 1 heteroatoms. The lowest BCUT2D eigenvalue weighted by Crippen LogP contribution is -2.53. The molecule has 0 aliphatic heterocycles. The quantitative estimate of drug-likeness (QED) is 0.443. The van der Waals surface area contributed by atoms with E-state index in [0.717, 1.165) is 42.4 Å². The van der Waals surface area contributed by atoms with Gasteiger partial charge in [0.1, 0.15) is 5.78 Å². The Hall–Kier alpha value is -0.590. The molecule has 4 rings (SSSR count). The summed E-state index contributed by atoms with van der Waals surface area (Å²) < 4.78 is 0. The van der Waals surface area contributed by atoms with Crippen LogP contribution in [0.25, 0.3) is 0 Å². The molecule has 4 fully saturated rings. The van der Waals surface area contributed by atoms with Gasteiger partial charge in [0.15, 0.2) is 0 Å². The zero-order chi connectivity index (χ0) is 21.0. The predicted molar refractivity (Wildman–Crippen MR) is 123 cm³/mol. The molecule has 0 radical (unpaired) electrons. The third kappa shape index (κ3) is 3.57. The van der Waals surface area contributed by atoms with Crippen LogP contribution in [-0.2, 0) is 4.79 Å². The molecule has 4 aliphatic rings. The van der Waals surface area contributed by atoms with Gasteiger partial charge in [0.05, 0.1) is 0 Å². The molecular weight excluding hydrogens is 352 g/mol. The average molecular weight is 399 g/mol. The largest absolute Gasteiger partial charge is 0.300 e. The fourth-order valence-electron chi connectivity index (χ4n) is 8.66. The fourth-order valence-corrected chi connectivity index (χ4v) is 8.66. The first-order valence-electron chi connectivity index (χ1n) is 12.9. The van der Waals surface area contributed by atoms with E-state index in [1.807, 2.05) is 0 Å². The van der Waals surface area contributed by atoms with Crippen LogP contribution in [0.4, 0.5) is 0 Å². The van der Waals surface area contributed by atoms with Gasteiger partial charge in [-0.05, 0) is 103 Å². The highest BCUT2D eigenvalue weighted by molar-refractivity contribution is 5.79. The SMILES string of the molecule is CC(C)[C@@H](C)/C=C/[C@@H](C)[C@H]1CC[C@H]2[C@@H]3CCC4CC(=O)CC[C@]4(C)[C@H]3CC[C@]12C. The van der Waals surface area contributed by atoms with Crippen LogP contribution in [0.15, 0.2) is 12.2 Å². The van der Waals surface area contributed by atoms with Crippen LogP contribution in [0.3, 0.4) is 0 Å². The molecule has 9 atom stereocenters. The summed E-state index contributed by atoms with van der Waals surface area (Å²) in [6.45, 7) is 14.8. The zero-order valence-electron chi connectivity index (χ0n) is 20.0. The summed E-state index contributed by atoms with van der Waals surface area (Å²) in [5.41, 5.74) is 0.994. The molecule has 164 valence electrons. The van der Waals surface area contributed by atoms with E-state index in [1.165, 1.54) is 44.9 Å². The van der Waals surface area contributed by atoms with Crippen LogP contribution in [0, 0.1) is 58.2 Å². The molecule has 0 N–H and O–H groups in total. The van der Waals surface area contributed by atoms with Gasteiger partial charge < -0.3 is 0 Å². The number of Topliss-reactive ketones (excluding diaryl/α,β-unsaturated/α-hetero) is 1. The van der Waals surface area contributed by atoms with Gasteiger partial charge in [-0.15, -0.1) is 0 Å². The van der Waals surface area contributed by atoms with E-state index < -0.39 is 0 Å². The van der Waals surface area contributed by atoms with Crippen molar-refractivity contribution in [2.75, 3.05) is 0 Å². The van der Waals surface area contributed by atoms with Gasteiger partial charge in [-0.2, -0.15) is 0 Å². The molecule has 29 heavy (non-hydrogen) atoms. The maximum atomic E-state index is 12.1.